The molecule has 1 amide bonds. The van der Waals surface area contributed by atoms with Gasteiger partial charge in [-0.2, -0.15) is 0 Å². The average Bonchev–Trinajstić information content (AvgIpc) is 3.22. The van der Waals surface area contributed by atoms with E-state index in [0.29, 0.717) is 12.8 Å². The van der Waals surface area contributed by atoms with E-state index in [1.54, 1.807) is 0 Å². The molecule has 0 saturated carbocycles. The van der Waals surface area contributed by atoms with Crippen molar-refractivity contribution >= 4 is 26.1 Å². The number of primary amides is 1. The topological polar surface area (TPSA) is 142 Å². The highest BCUT2D eigenvalue weighted by Crippen LogP contribution is 2.39. The van der Waals surface area contributed by atoms with Gasteiger partial charge in [0.1, 0.15) is 6.54 Å². The Morgan fingerprint density at radius 1 is 0.615 bits per heavy atom. The van der Waals surface area contributed by atoms with E-state index in [0.717, 1.165) is 36.7 Å². The molecule has 0 fully saturated rings. The number of carbonyl (C=O) groups is 1. The van der Waals surface area contributed by atoms with Crippen LogP contribution in [-0.4, -0.2) is 72.2 Å². The number of aliphatic hydroxyl groups excluding tert-OH is 1. The lowest BCUT2D eigenvalue weighted by Crippen LogP contribution is -3.00. The molecule has 0 aliphatic heterocycles. The highest BCUT2D eigenvalue weighted by molar-refractivity contribution is 7.46. The first-order chi connectivity index (χ1) is 30.2. The Hall–Kier alpha value is -0.740. The highest BCUT2D eigenvalue weighted by Gasteiger charge is 2.25. The van der Waals surface area contributed by atoms with Crippen LogP contribution >= 0.6 is 20.2 Å². The van der Waals surface area contributed by atoms with Gasteiger partial charge in [0.2, 0.25) is 5.91 Å². The molecule has 1 aromatic carbocycles. The summed E-state index contributed by atoms with van der Waals surface area (Å²) in [6.07, 6.45) is 41.6. The van der Waals surface area contributed by atoms with E-state index in [-0.39, 0.29) is 30.7 Å². The van der Waals surface area contributed by atoms with Crippen LogP contribution in [0.2, 0.25) is 0 Å². The molecule has 0 aliphatic rings. The standard InChI is InChI=1S/C21H45O5P.C18H37NO.C12H20N.C2H7N.2ClH/c1-3-4-5-6-7-8-9-10-11-12-13-14-15-16-17-18-19-21(20(2)22)26-27(23,24)25;1-2-3-4-5-6-7-8-9-10-11-12-13-14-15-16-17-18(19)20;1-4-10-13(2,3)11-12-8-6-5-7-9-12;1-3-2;;/h20-22H,3-19H2,1-2H3,(H2,23,24,25);2-17H2,1H3,(H2,19,20);5-9H,4,10-11H2,1-3H3;3H,1-2H3;2*1H/q;;+1;;;/p-1. The number of phosphoric acid groups is 1. The van der Waals surface area contributed by atoms with Gasteiger partial charge >= 0.3 is 7.82 Å². The second-order valence-corrected chi connectivity index (χ2v) is 20.1. The minimum Gasteiger partial charge on any atom is -1.00 e. The van der Waals surface area contributed by atoms with E-state index < -0.39 is 20.0 Å². The maximum atomic E-state index is 10.9. The predicted molar refractivity (Wildman–Crippen MR) is 281 cm³/mol. The van der Waals surface area contributed by atoms with Crippen molar-refractivity contribution < 1.29 is 45.7 Å². The van der Waals surface area contributed by atoms with Crippen LogP contribution in [0.25, 0.3) is 0 Å². The Morgan fingerprint density at radius 3 is 1.20 bits per heavy atom. The second kappa shape index (κ2) is 55.9. The molecule has 0 aromatic heterocycles. The molecule has 392 valence electrons. The Kier molecular flexibility index (Phi) is 62.9. The Morgan fingerprint density at radius 2 is 0.923 bits per heavy atom. The van der Waals surface area contributed by atoms with Crippen molar-refractivity contribution in [3.05, 3.63) is 35.9 Å². The fourth-order valence-corrected chi connectivity index (χ4v) is 8.52. The third kappa shape index (κ3) is 65.4. The fourth-order valence-electron chi connectivity index (χ4n) is 7.88. The number of phosphoric ester groups is 1. The lowest BCUT2D eigenvalue weighted by molar-refractivity contribution is -0.903. The van der Waals surface area contributed by atoms with Gasteiger partial charge in [-0.15, -0.1) is 12.4 Å². The first kappa shape index (κ1) is 73.2. The van der Waals surface area contributed by atoms with E-state index >= 15 is 0 Å². The molecule has 0 radical (unpaired) electrons. The van der Waals surface area contributed by atoms with Gasteiger partial charge < -0.3 is 42.8 Å². The van der Waals surface area contributed by atoms with Crippen LogP contribution in [0.5, 0.6) is 0 Å². The number of quaternary nitrogens is 1. The Balaban J connectivity index is -0.000000278. The molecule has 65 heavy (non-hydrogen) atoms. The quantitative estimate of drug-likeness (QED) is 0.0250. The van der Waals surface area contributed by atoms with Crippen molar-refractivity contribution in [3.63, 3.8) is 0 Å². The number of amides is 1. The first-order valence-corrected chi connectivity index (χ1v) is 27.9. The number of nitrogens with zero attached hydrogens (tertiary/aromatic N) is 1. The molecule has 0 bridgehead atoms. The molecule has 0 aliphatic carbocycles. The van der Waals surface area contributed by atoms with Crippen LogP contribution in [0.1, 0.15) is 252 Å². The summed E-state index contributed by atoms with van der Waals surface area (Å²) in [7, 11) is 3.80. The predicted octanol–water partition coefficient (Wildman–Crippen LogP) is 12.2. The molecule has 2 unspecified atom stereocenters. The van der Waals surface area contributed by atoms with Gasteiger partial charge in [0.05, 0.1) is 32.8 Å². The third-order valence-corrected chi connectivity index (χ3v) is 12.0. The van der Waals surface area contributed by atoms with E-state index in [1.165, 1.54) is 199 Å². The zero-order valence-electron chi connectivity index (χ0n) is 43.8. The van der Waals surface area contributed by atoms with Gasteiger partial charge in [0, 0.05) is 12.0 Å². The average molecular weight is 987 g/mol. The highest BCUT2D eigenvalue weighted by atomic mass is 35.5. The van der Waals surface area contributed by atoms with Gasteiger partial charge in [0.15, 0.2) is 0 Å². The minimum atomic E-state index is -4.53. The van der Waals surface area contributed by atoms with Crippen molar-refractivity contribution in [2.45, 2.75) is 265 Å². The molecule has 6 N–H and O–H groups in total. The summed E-state index contributed by atoms with van der Waals surface area (Å²) in [6.45, 7) is 10.7. The number of halogens is 2. The molecule has 2 atom stereocenters. The summed E-state index contributed by atoms with van der Waals surface area (Å²) in [5.41, 5.74) is 6.54. The van der Waals surface area contributed by atoms with Gasteiger partial charge in [0.25, 0.3) is 0 Å². The summed E-state index contributed by atoms with van der Waals surface area (Å²) in [5.74, 6) is -0.153. The number of nitrogens with one attached hydrogen (secondary N) is 1. The lowest BCUT2D eigenvalue weighted by atomic mass is 10.0. The van der Waals surface area contributed by atoms with Crippen LogP contribution in [0.15, 0.2) is 30.3 Å². The van der Waals surface area contributed by atoms with Crippen molar-refractivity contribution in [1.29, 1.82) is 0 Å². The first-order valence-electron chi connectivity index (χ1n) is 26.3. The number of hydrogen-bond acceptors (Lipinski definition) is 5. The van der Waals surface area contributed by atoms with Gasteiger partial charge in [-0.1, -0.05) is 244 Å². The van der Waals surface area contributed by atoms with Gasteiger partial charge in [-0.25, -0.2) is 4.57 Å². The van der Waals surface area contributed by atoms with Crippen molar-refractivity contribution in [2.75, 3.05) is 34.7 Å². The number of carbonyl (C=O) groups excluding carboxylic acids is 1. The molecular weight excluding hydrogens is 876 g/mol. The number of rotatable bonds is 40. The van der Waals surface area contributed by atoms with E-state index in [2.05, 4.69) is 75.0 Å². The summed E-state index contributed by atoms with van der Waals surface area (Å²) < 4.78 is 16.6. The maximum Gasteiger partial charge on any atom is 0.469 e. The molecule has 1 rings (SSSR count). The maximum absolute atomic E-state index is 10.9. The molecule has 0 saturated heterocycles. The summed E-state index contributed by atoms with van der Waals surface area (Å²) in [5, 5.41) is 12.3. The van der Waals surface area contributed by atoms with Crippen molar-refractivity contribution in [3.8, 4) is 0 Å². The number of hydrogen-bond donors (Lipinski definition) is 5. The number of nitrogens with two attached hydrogens (primary N) is 1. The molecule has 0 spiro atoms. The lowest BCUT2D eigenvalue weighted by Gasteiger charge is -2.29. The second-order valence-electron chi connectivity index (χ2n) is 18.9. The zero-order chi connectivity index (χ0) is 47.7. The Labute approximate surface area is 416 Å². The number of aliphatic hydroxyl groups is 1. The zero-order valence-corrected chi connectivity index (χ0v) is 46.3. The Bertz CT molecular complexity index is 1100. The van der Waals surface area contributed by atoms with Crippen LogP contribution < -0.4 is 23.5 Å². The van der Waals surface area contributed by atoms with Gasteiger partial charge in [-0.3, -0.25) is 9.32 Å². The van der Waals surface area contributed by atoms with E-state index in [4.69, 9.17) is 15.5 Å². The van der Waals surface area contributed by atoms with Crippen LogP contribution in [0.3, 0.4) is 0 Å². The smallest absolute Gasteiger partial charge is 0.469 e. The summed E-state index contributed by atoms with van der Waals surface area (Å²) in [4.78, 5) is 28.3. The molecule has 0 heterocycles. The molecule has 1 aromatic rings. The number of unbranched alkanes of at least 4 members (excludes halogenated alkanes) is 29. The molecule has 9 nitrogen and oxygen atoms in total. The van der Waals surface area contributed by atoms with Crippen LogP contribution in [0.4, 0.5) is 0 Å². The monoisotopic (exact) mass is 986 g/mol. The van der Waals surface area contributed by atoms with E-state index in [1.807, 2.05) is 14.1 Å². The molecule has 12 heteroatoms. The molecular formula is C53H110Cl2N3O6P. The van der Waals surface area contributed by atoms with Crippen molar-refractivity contribution in [1.82, 2.24) is 5.32 Å². The van der Waals surface area contributed by atoms with Crippen molar-refractivity contribution in [2.24, 2.45) is 5.73 Å². The van der Waals surface area contributed by atoms with Crippen LogP contribution in [-0.2, 0) is 20.4 Å². The summed E-state index contributed by atoms with van der Waals surface area (Å²) in [6, 6.07) is 10.7. The third-order valence-electron chi connectivity index (χ3n) is 11.5. The SMILES string of the molecule is CCCCCCCCCCCCCCCCCC(N)=O.CCCCCCCCCCCCCCCCCCC(OP(=O)(O)O)C(C)O.CCC[N+](C)(C)Cc1ccccc1.CNC.Cl.[Cl-]. The van der Waals surface area contributed by atoms with E-state index in [9.17, 15) is 14.5 Å². The normalized spacial score (nSPS) is 11.9. The largest absolute Gasteiger partial charge is 1.00 e. The fraction of sp³-hybridized carbons (Fsp3) is 0.868. The number of benzene rings is 1. The van der Waals surface area contributed by atoms with Crippen LogP contribution in [0, 0.1) is 0 Å². The minimum absolute atomic E-state index is 0. The summed E-state index contributed by atoms with van der Waals surface area (Å²) >= 11 is 0. The van der Waals surface area contributed by atoms with Gasteiger partial charge in [-0.05, 0) is 40.3 Å².